The molecule has 0 bridgehead atoms. The van der Waals surface area contributed by atoms with E-state index in [9.17, 15) is 22.9 Å². The summed E-state index contributed by atoms with van der Waals surface area (Å²) in [6.45, 7) is 4.34. The van der Waals surface area contributed by atoms with Crippen molar-refractivity contribution in [1.29, 1.82) is 0 Å². The van der Waals surface area contributed by atoms with E-state index in [-0.39, 0.29) is 12.3 Å². The van der Waals surface area contributed by atoms with Crippen molar-refractivity contribution in [2.24, 2.45) is 0 Å². The fourth-order valence-corrected chi connectivity index (χ4v) is 4.88. The number of hydrogen-bond acceptors (Lipinski definition) is 4. The van der Waals surface area contributed by atoms with Crippen LogP contribution in [-0.4, -0.2) is 41.9 Å². The third-order valence-electron chi connectivity index (χ3n) is 6.56. The molecule has 1 amide bonds. The first kappa shape index (κ1) is 40.5. The monoisotopic (exact) mass is 617 g/mol. The van der Waals surface area contributed by atoms with Gasteiger partial charge in [0.2, 0.25) is 5.91 Å². The molecule has 0 heterocycles. The molecule has 43 heavy (non-hydrogen) atoms. The molecular weight excluding hydrogens is 558 g/mol. The summed E-state index contributed by atoms with van der Waals surface area (Å²) in [6, 6.07) is -1.11. The molecule has 0 aliphatic carbocycles. The van der Waals surface area contributed by atoms with Crippen LogP contribution < -0.4 is 5.32 Å². The minimum absolute atomic E-state index is 0.204. The third kappa shape index (κ3) is 30.8. The molecule has 0 saturated carbocycles. The van der Waals surface area contributed by atoms with Gasteiger partial charge in [-0.1, -0.05) is 125 Å². The van der Waals surface area contributed by atoms with E-state index < -0.39 is 28.0 Å². The number of carbonyl (C=O) groups excluding carboxylic acids is 1. The Morgan fingerprint density at radius 1 is 0.651 bits per heavy atom. The quantitative estimate of drug-likeness (QED) is 0.0485. The van der Waals surface area contributed by atoms with Crippen LogP contribution in [0, 0.1) is 0 Å². The van der Waals surface area contributed by atoms with E-state index in [0.717, 1.165) is 51.4 Å². The van der Waals surface area contributed by atoms with Gasteiger partial charge in [-0.15, -0.1) is 0 Å². The minimum atomic E-state index is -4.37. The number of rotatable bonds is 27. The van der Waals surface area contributed by atoms with Crippen molar-refractivity contribution in [3.05, 3.63) is 85.1 Å². The summed E-state index contributed by atoms with van der Waals surface area (Å²) >= 11 is 0. The molecule has 3 N–H and O–H groups in total. The van der Waals surface area contributed by atoms with Crippen molar-refractivity contribution < 1.29 is 22.9 Å². The number of hydrogen-bond donors (Lipinski definition) is 3. The molecule has 2 unspecified atom stereocenters. The van der Waals surface area contributed by atoms with Crippen LogP contribution in [0.15, 0.2) is 85.1 Å². The van der Waals surface area contributed by atoms with Crippen LogP contribution in [0.1, 0.15) is 117 Å². The Labute approximate surface area is 263 Å². The molecule has 0 aliphatic rings. The first-order chi connectivity index (χ1) is 20.8. The molecule has 2 atom stereocenters. The van der Waals surface area contributed by atoms with Crippen molar-refractivity contribution in [3.8, 4) is 0 Å². The zero-order chi connectivity index (χ0) is 31.9. The fraction of sp³-hybridized carbons (Fsp3) is 0.583. The van der Waals surface area contributed by atoms with Gasteiger partial charge in [-0.3, -0.25) is 9.35 Å². The van der Waals surface area contributed by atoms with Gasteiger partial charge in [0.15, 0.2) is 0 Å². The summed E-state index contributed by atoms with van der Waals surface area (Å²) < 4.78 is 32.2. The zero-order valence-electron chi connectivity index (χ0n) is 26.8. The van der Waals surface area contributed by atoms with Gasteiger partial charge in [-0.2, -0.15) is 8.42 Å². The summed E-state index contributed by atoms with van der Waals surface area (Å²) in [6.07, 6.45) is 42.9. The Bertz CT molecular complexity index is 989. The molecule has 0 saturated heterocycles. The molecule has 0 aliphatic heterocycles. The highest BCUT2D eigenvalue weighted by atomic mass is 32.2. The molecule has 0 rings (SSSR count). The second kappa shape index (κ2) is 29.6. The van der Waals surface area contributed by atoms with Crippen molar-refractivity contribution in [2.75, 3.05) is 5.75 Å². The predicted molar refractivity (Wildman–Crippen MR) is 184 cm³/mol. The van der Waals surface area contributed by atoms with Gasteiger partial charge in [-0.05, 0) is 70.6 Å². The van der Waals surface area contributed by atoms with Gasteiger partial charge in [0, 0.05) is 6.42 Å². The van der Waals surface area contributed by atoms with E-state index in [1.165, 1.54) is 38.2 Å². The molecule has 0 aromatic carbocycles. The summed E-state index contributed by atoms with van der Waals surface area (Å²) in [5.41, 5.74) is 0. The van der Waals surface area contributed by atoms with Gasteiger partial charge >= 0.3 is 0 Å². The highest BCUT2D eigenvalue weighted by Crippen LogP contribution is 2.07. The summed E-state index contributed by atoms with van der Waals surface area (Å²) in [4.78, 5) is 12.4. The van der Waals surface area contributed by atoms with Crippen molar-refractivity contribution in [2.45, 2.75) is 129 Å². The normalized spacial score (nSPS) is 14.6. The number of amides is 1. The maximum atomic E-state index is 12.4. The summed E-state index contributed by atoms with van der Waals surface area (Å²) in [7, 11) is -4.37. The fourth-order valence-electron chi connectivity index (χ4n) is 4.14. The van der Waals surface area contributed by atoms with Crippen molar-refractivity contribution in [3.63, 3.8) is 0 Å². The second-order valence-electron chi connectivity index (χ2n) is 10.7. The van der Waals surface area contributed by atoms with E-state index in [4.69, 9.17) is 0 Å². The van der Waals surface area contributed by atoms with E-state index in [1.54, 1.807) is 6.08 Å². The van der Waals surface area contributed by atoms with Crippen molar-refractivity contribution >= 4 is 16.0 Å². The summed E-state index contributed by atoms with van der Waals surface area (Å²) in [5, 5.41) is 13.0. The number of allylic oxidation sites excluding steroid dienone is 13. The largest absolute Gasteiger partial charge is 0.387 e. The average molecular weight is 618 g/mol. The van der Waals surface area contributed by atoms with Crippen LogP contribution in [0.25, 0.3) is 0 Å². The number of nitrogens with one attached hydrogen (secondary N) is 1. The highest BCUT2D eigenvalue weighted by Gasteiger charge is 2.24. The number of aliphatic hydroxyl groups is 1. The summed E-state index contributed by atoms with van der Waals surface area (Å²) in [5.74, 6) is -1.09. The molecule has 0 aromatic rings. The number of aliphatic hydroxyl groups excluding tert-OH is 1. The molecule has 7 heteroatoms. The molecular formula is C36H59NO5S. The molecule has 244 valence electrons. The van der Waals surface area contributed by atoms with Crippen molar-refractivity contribution in [1.82, 2.24) is 5.32 Å². The Hall–Kier alpha value is -2.48. The van der Waals surface area contributed by atoms with Gasteiger partial charge in [0.25, 0.3) is 10.1 Å². The maximum absolute atomic E-state index is 12.4. The molecule has 0 fully saturated rings. The lowest BCUT2D eigenvalue weighted by Gasteiger charge is -2.21. The van der Waals surface area contributed by atoms with Crippen LogP contribution in [0.3, 0.4) is 0 Å². The minimum Gasteiger partial charge on any atom is -0.387 e. The molecule has 0 radical (unpaired) electrons. The van der Waals surface area contributed by atoms with E-state index in [2.05, 4.69) is 86.0 Å². The van der Waals surface area contributed by atoms with Crippen LogP contribution >= 0.6 is 0 Å². The Morgan fingerprint density at radius 3 is 1.72 bits per heavy atom. The second-order valence-corrected chi connectivity index (χ2v) is 12.2. The van der Waals surface area contributed by atoms with Gasteiger partial charge in [0.05, 0.1) is 17.9 Å². The van der Waals surface area contributed by atoms with Crippen LogP contribution in [-0.2, 0) is 14.9 Å². The van der Waals surface area contributed by atoms with E-state index in [1.807, 2.05) is 6.08 Å². The molecule has 0 spiro atoms. The third-order valence-corrected chi connectivity index (χ3v) is 7.34. The Balaban J connectivity index is 4.25. The average Bonchev–Trinajstić information content (AvgIpc) is 2.96. The van der Waals surface area contributed by atoms with Crippen LogP contribution in [0.2, 0.25) is 0 Å². The Morgan fingerprint density at radius 2 is 1.14 bits per heavy atom. The Kier molecular flexibility index (Phi) is 27.9. The first-order valence-electron chi connectivity index (χ1n) is 16.3. The first-order valence-corrected chi connectivity index (χ1v) is 17.9. The standard InChI is InChI=1S/C36H59NO5S/c1-3-5-7-9-11-13-15-16-17-18-19-20-22-24-26-28-30-32-36(39)37-34(33-43(40,41)42)35(38)31-29-27-25-23-21-14-12-10-8-6-4-2/h5,7,11,13,16-17,19-21,23-24,26,29,31,34-35,38H,3-4,6,8-10,12,14-15,18,22,25,27-28,30,32-33H2,1-2H3,(H,37,39)(H,40,41,42)/b7-5-,13-11-,17-16-,20-19-,23-21+,26-24-,31-29+. The molecule has 0 aromatic heterocycles. The lowest BCUT2D eigenvalue weighted by molar-refractivity contribution is -0.122. The maximum Gasteiger partial charge on any atom is 0.267 e. The van der Waals surface area contributed by atoms with Gasteiger partial charge < -0.3 is 10.4 Å². The smallest absolute Gasteiger partial charge is 0.267 e. The van der Waals surface area contributed by atoms with Crippen LogP contribution in [0.4, 0.5) is 0 Å². The highest BCUT2D eigenvalue weighted by molar-refractivity contribution is 7.85. The molecule has 6 nitrogen and oxygen atoms in total. The van der Waals surface area contributed by atoms with Crippen LogP contribution in [0.5, 0.6) is 0 Å². The van der Waals surface area contributed by atoms with Gasteiger partial charge in [0.1, 0.15) is 0 Å². The predicted octanol–water partition coefficient (Wildman–Crippen LogP) is 8.89. The zero-order valence-corrected chi connectivity index (χ0v) is 27.6. The number of unbranched alkanes of at least 4 members (excludes halogenated alkanes) is 7. The SMILES string of the molecule is CC/C=C\C/C=C\C/C=C\C/C=C\C/C=C\CCCC(=O)NC(CS(=O)(=O)O)C(O)/C=C/CC/C=C/CCCCCCC. The lowest BCUT2D eigenvalue weighted by atomic mass is 10.1. The van der Waals surface area contributed by atoms with Gasteiger partial charge in [-0.25, -0.2) is 0 Å². The number of carbonyl (C=O) groups is 1. The lowest BCUT2D eigenvalue weighted by Crippen LogP contribution is -2.46. The van der Waals surface area contributed by atoms with E-state index >= 15 is 0 Å². The topological polar surface area (TPSA) is 104 Å². The van der Waals surface area contributed by atoms with E-state index in [0.29, 0.717) is 12.8 Å².